The normalized spacial score (nSPS) is 15.1. The zero-order valence-corrected chi connectivity index (χ0v) is 19.9. The van der Waals surface area contributed by atoms with Crippen LogP contribution in [0.1, 0.15) is 63.1 Å². The van der Waals surface area contributed by atoms with Crippen LogP contribution < -0.4 is 10.6 Å². The summed E-state index contributed by atoms with van der Waals surface area (Å²) in [7, 11) is 0. The standard InChI is InChI=1S/C27H36N2O4/c1-27(2,3)33-26(31)29-19-22-15-13-21(14-16-22)18-28-24(17-20-9-5-4-6-10-20)25(30)32-23-11-7-8-12-23/h4-6,9-10,13-16,23-24,28H,7-8,11-12,17-19H2,1-3H3,(H,29,31). The number of ether oxygens (including phenoxy) is 2. The van der Waals surface area contributed by atoms with E-state index in [-0.39, 0.29) is 12.1 Å². The van der Waals surface area contributed by atoms with E-state index in [2.05, 4.69) is 10.6 Å². The molecule has 2 aromatic carbocycles. The molecule has 1 amide bonds. The third-order valence-electron chi connectivity index (χ3n) is 5.56. The number of carbonyl (C=O) groups excluding carboxylic acids is 2. The molecule has 1 fully saturated rings. The van der Waals surface area contributed by atoms with Gasteiger partial charge in [-0.25, -0.2) is 4.79 Å². The van der Waals surface area contributed by atoms with E-state index in [1.807, 2.05) is 75.4 Å². The molecule has 1 aliphatic rings. The maximum absolute atomic E-state index is 12.9. The maximum atomic E-state index is 12.9. The minimum Gasteiger partial charge on any atom is -0.461 e. The van der Waals surface area contributed by atoms with Crippen molar-refractivity contribution in [2.75, 3.05) is 0 Å². The second-order valence-corrected chi connectivity index (χ2v) is 9.64. The predicted octanol–water partition coefficient (Wildman–Crippen LogP) is 4.90. The molecule has 6 nitrogen and oxygen atoms in total. The molecule has 2 N–H and O–H groups in total. The van der Waals surface area contributed by atoms with Gasteiger partial charge in [0, 0.05) is 13.1 Å². The van der Waals surface area contributed by atoms with Crippen LogP contribution >= 0.6 is 0 Å². The van der Waals surface area contributed by atoms with Gasteiger partial charge in [0.05, 0.1) is 0 Å². The predicted molar refractivity (Wildman–Crippen MR) is 129 cm³/mol. The van der Waals surface area contributed by atoms with Crippen molar-refractivity contribution < 1.29 is 19.1 Å². The fraction of sp³-hybridized carbons (Fsp3) is 0.481. The zero-order chi connectivity index (χ0) is 23.7. The maximum Gasteiger partial charge on any atom is 0.407 e. The average molecular weight is 453 g/mol. The van der Waals surface area contributed by atoms with Gasteiger partial charge in [-0.05, 0) is 69.6 Å². The van der Waals surface area contributed by atoms with Crippen molar-refractivity contribution in [3.63, 3.8) is 0 Å². The molecule has 1 unspecified atom stereocenters. The van der Waals surface area contributed by atoms with Gasteiger partial charge in [-0.2, -0.15) is 0 Å². The van der Waals surface area contributed by atoms with E-state index in [9.17, 15) is 9.59 Å². The fourth-order valence-electron chi connectivity index (χ4n) is 3.85. The Kier molecular flexibility index (Phi) is 8.89. The number of nitrogens with one attached hydrogen (secondary N) is 2. The minimum atomic E-state index is -0.519. The van der Waals surface area contributed by atoms with Crippen LogP contribution in [0.25, 0.3) is 0 Å². The molecule has 1 aliphatic carbocycles. The highest BCUT2D eigenvalue weighted by molar-refractivity contribution is 5.76. The lowest BCUT2D eigenvalue weighted by molar-refractivity contribution is -0.151. The number of esters is 1. The summed E-state index contributed by atoms with van der Waals surface area (Å²) in [6.45, 7) is 6.46. The molecule has 6 heteroatoms. The summed E-state index contributed by atoms with van der Waals surface area (Å²) in [5, 5.41) is 6.15. The first kappa shape index (κ1) is 24.8. The quantitative estimate of drug-likeness (QED) is 0.530. The van der Waals surface area contributed by atoms with Crippen LogP contribution in [0.15, 0.2) is 54.6 Å². The number of hydrogen-bond acceptors (Lipinski definition) is 5. The molecule has 0 heterocycles. The summed E-state index contributed by atoms with van der Waals surface area (Å²) >= 11 is 0. The number of carbonyl (C=O) groups is 2. The van der Waals surface area contributed by atoms with E-state index in [4.69, 9.17) is 9.47 Å². The van der Waals surface area contributed by atoms with Crippen molar-refractivity contribution in [1.82, 2.24) is 10.6 Å². The molecule has 178 valence electrons. The third kappa shape index (κ3) is 8.89. The second kappa shape index (κ2) is 11.8. The Hall–Kier alpha value is -2.86. The van der Waals surface area contributed by atoms with Gasteiger partial charge in [0.15, 0.2) is 0 Å². The van der Waals surface area contributed by atoms with E-state index in [1.54, 1.807) is 0 Å². The summed E-state index contributed by atoms with van der Waals surface area (Å²) in [4.78, 5) is 24.7. The lowest BCUT2D eigenvalue weighted by atomic mass is 10.1. The zero-order valence-electron chi connectivity index (χ0n) is 19.9. The molecule has 3 rings (SSSR count). The first-order valence-corrected chi connectivity index (χ1v) is 11.8. The summed E-state index contributed by atoms with van der Waals surface area (Å²) in [5.41, 5.74) is 2.62. The number of benzene rings is 2. The highest BCUT2D eigenvalue weighted by atomic mass is 16.6. The molecule has 33 heavy (non-hydrogen) atoms. The highest BCUT2D eigenvalue weighted by Crippen LogP contribution is 2.22. The van der Waals surface area contributed by atoms with Gasteiger partial charge in [-0.3, -0.25) is 4.79 Å². The van der Waals surface area contributed by atoms with Crippen LogP contribution in [-0.2, 0) is 33.8 Å². The lowest BCUT2D eigenvalue weighted by Crippen LogP contribution is -2.40. The largest absolute Gasteiger partial charge is 0.461 e. The van der Waals surface area contributed by atoms with Gasteiger partial charge in [-0.15, -0.1) is 0 Å². The topological polar surface area (TPSA) is 76.7 Å². The van der Waals surface area contributed by atoms with Crippen LogP contribution in [0, 0.1) is 0 Å². The van der Waals surface area contributed by atoms with Crippen LogP contribution in [0.2, 0.25) is 0 Å². The first-order chi connectivity index (χ1) is 15.8. The fourth-order valence-corrected chi connectivity index (χ4v) is 3.85. The van der Waals surface area contributed by atoms with Gasteiger partial charge in [0.1, 0.15) is 17.7 Å². The molecule has 1 atom stereocenters. The Bertz CT molecular complexity index is 885. The molecule has 2 aromatic rings. The van der Waals surface area contributed by atoms with Crippen LogP contribution in [0.5, 0.6) is 0 Å². The monoisotopic (exact) mass is 452 g/mol. The Balaban J connectivity index is 1.54. The van der Waals surface area contributed by atoms with Gasteiger partial charge < -0.3 is 20.1 Å². The smallest absolute Gasteiger partial charge is 0.407 e. The Morgan fingerprint density at radius 3 is 2.12 bits per heavy atom. The molecular weight excluding hydrogens is 416 g/mol. The van der Waals surface area contributed by atoms with Crippen LogP contribution in [0.4, 0.5) is 4.79 Å². The van der Waals surface area contributed by atoms with Gasteiger partial charge in [0.25, 0.3) is 0 Å². The second-order valence-electron chi connectivity index (χ2n) is 9.64. The van der Waals surface area contributed by atoms with E-state index in [1.165, 1.54) is 0 Å². The van der Waals surface area contributed by atoms with Crippen molar-refractivity contribution in [2.24, 2.45) is 0 Å². The van der Waals surface area contributed by atoms with E-state index in [0.717, 1.165) is 42.4 Å². The third-order valence-corrected chi connectivity index (χ3v) is 5.56. The summed E-state index contributed by atoms with van der Waals surface area (Å²) < 4.78 is 11.1. The summed E-state index contributed by atoms with van der Waals surface area (Å²) in [6, 6.07) is 17.5. The SMILES string of the molecule is CC(C)(C)OC(=O)NCc1ccc(CNC(Cc2ccccc2)C(=O)OC2CCCC2)cc1. The number of amides is 1. The number of rotatable bonds is 9. The number of alkyl carbamates (subject to hydrolysis) is 1. The Morgan fingerprint density at radius 2 is 1.52 bits per heavy atom. The Morgan fingerprint density at radius 1 is 0.909 bits per heavy atom. The van der Waals surface area contributed by atoms with Crippen molar-refractivity contribution in [3.8, 4) is 0 Å². The van der Waals surface area contributed by atoms with Crippen molar-refractivity contribution >= 4 is 12.1 Å². The van der Waals surface area contributed by atoms with E-state index >= 15 is 0 Å². The van der Waals surface area contributed by atoms with E-state index < -0.39 is 17.7 Å². The van der Waals surface area contributed by atoms with E-state index in [0.29, 0.717) is 19.5 Å². The lowest BCUT2D eigenvalue weighted by Gasteiger charge is -2.21. The molecule has 0 aromatic heterocycles. The molecule has 0 spiro atoms. The minimum absolute atomic E-state index is 0.0503. The van der Waals surface area contributed by atoms with Gasteiger partial charge in [-0.1, -0.05) is 54.6 Å². The molecule has 0 aliphatic heterocycles. The molecule has 1 saturated carbocycles. The van der Waals surface area contributed by atoms with Crippen molar-refractivity contribution in [1.29, 1.82) is 0 Å². The van der Waals surface area contributed by atoms with Crippen molar-refractivity contribution in [3.05, 3.63) is 71.3 Å². The Labute approximate surface area is 197 Å². The molecule has 0 saturated heterocycles. The first-order valence-electron chi connectivity index (χ1n) is 11.8. The summed E-state index contributed by atoms with van der Waals surface area (Å²) in [5.74, 6) is -0.177. The van der Waals surface area contributed by atoms with Crippen LogP contribution in [-0.4, -0.2) is 29.8 Å². The van der Waals surface area contributed by atoms with Crippen LogP contribution in [0.3, 0.4) is 0 Å². The van der Waals surface area contributed by atoms with Gasteiger partial charge in [0.2, 0.25) is 0 Å². The van der Waals surface area contributed by atoms with Gasteiger partial charge >= 0.3 is 12.1 Å². The molecule has 0 radical (unpaired) electrons. The molecule has 0 bridgehead atoms. The molecular formula is C27H36N2O4. The number of hydrogen-bond donors (Lipinski definition) is 2. The van der Waals surface area contributed by atoms with Crippen molar-refractivity contribution in [2.45, 2.75) is 83.7 Å². The summed E-state index contributed by atoms with van der Waals surface area (Å²) in [6.07, 6.45) is 4.38. The average Bonchev–Trinajstić information content (AvgIpc) is 3.28. The highest BCUT2D eigenvalue weighted by Gasteiger charge is 2.25.